The third kappa shape index (κ3) is 2.47. The number of hydrogen-bond donors (Lipinski definition) is 2. The number of H-pyrrole nitrogens is 1. The molecule has 0 fully saturated rings. The molecule has 0 unspecified atom stereocenters. The van der Waals surface area contributed by atoms with Crippen molar-refractivity contribution < 1.29 is 0 Å². The Morgan fingerprint density at radius 1 is 1.19 bits per heavy atom. The van der Waals surface area contributed by atoms with Crippen LogP contribution < -0.4 is 10.9 Å². The number of nitrogens with one attached hydrogen (secondary N) is 2. The topological polar surface area (TPSA) is 81.6 Å². The van der Waals surface area contributed by atoms with Crippen molar-refractivity contribution in [2.24, 2.45) is 0 Å². The van der Waals surface area contributed by atoms with Crippen molar-refractivity contribution in [3.63, 3.8) is 0 Å². The molecule has 1 aromatic heterocycles. The molecule has 0 aliphatic rings. The fraction of sp³-hybridized carbons (Fsp3) is 0.0625. The quantitative estimate of drug-likeness (QED) is 0.754. The minimum Gasteiger partial charge on any atom is -0.326 e. The molecule has 5 nitrogen and oxygen atoms in total. The second-order valence-electron chi connectivity index (χ2n) is 4.70. The Labute approximate surface area is 120 Å². The molecule has 0 spiro atoms. The second-order valence-corrected chi connectivity index (χ2v) is 4.70. The monoisotopic (exact) mass is 276 g/mol. The molecule has 0 atom stereocenters. The molecule has 3 aromatic rings. The first-order valence-corrected chi connectivity index (χ1v) is 6.44. The maximum Gasteiger partial charge on any atom is 0.260 e. The fourth-order valence-corrected chi connectivity index (χ4v) is 2.13. The number of aromatic amines is 1. The van der Waals surface area contributed by atoms with Crippen LogP contribution in [0.4, 0.5) is 11.6 Å². The Kier molecular flexibility index (Phi) is 3.13. The standard InChI is InChI=1S/C16H12N4O/c1-10-3-2-4-13-14(10)19-16(20-15(13)21)18-12-7-5-11(9-17)6-8-12/h2-8H,1H3,(H2,18,19,20,21). The number of hydrogen-bond acceptors (Lipinski definition) is 4. The summed E-state index contributed by atoms with van der Waals surface area (Å²) in [5, 5.41) is 12.4. The molecule has 2 aromatic carbocycles. The Bertz CT molecular complexity index is 904. The zero-order chi connectivity index (χ0) is 14.8. The van der Waals surface area contributed by atoms with Gasteiger partial charge in [-0.15, -0.1) is 0 Å². The summed E-state index contributed by atoms with van der Waals surface area (Å²) in [7, 11) is 0. The van der Waals surface area contributed by atoms with E-state index >= 15 is 0 Å². The summed E-state index contributed by atoms with van der Waals surface area (Å²) < 4.78 is 0. The molecular weight excluding hydrogens is 264 g/mol. The highest BCUT2D eigenvalue weighted by Gasteiger charge is 2.06. The van der Waals surface area contributed by atoms with Crippen molar-refractivity contribution in [2.75, 3.05) is 5.32 Å². The molecule has 0 saturated carbocycles. The molecule has 0 aliphatic heterocycles. The Morgan fingerprint density at radius 3 is 2.67 bits per heavy atom. The molecule has 0 bridgehead atoms. The molecule has 0 saturated heterocycles. The Hall–Kier alpha value is -3.13. The molecule has 102 valence electrons. The average molecular weight is 276 g/mol. The molecule has 1 heterocycles. The van der Waals surface area contributed by atoms with Gasteiger partial charge in [0.2, 0.25) is 5.95 Å². The number of aromatic nitrogens is 2. The van der Waals surface area contributed by atoms with Crippen molar-refractivity contribution in [2.45, 2.75) is 6.92 Å². The maximum absolute atomic E-state index is 12.1. The van der Waals surface area contributed by atoms with E-state index in [-0.39, 0.29) is 5.56 Å². The smallest absolute Gasteiger partial charge is 0.260 e. The molecule has 2 N–H and O–H groups in total. The summed E-state index contributed by atoms with van der Waals surface area (Å²) in [4.78, 5) is 19.2. The zero-order valence-corrected chi connectivity index (χ0v) is 11.3. The third-order valence-electron chi connectivity index (χ3n) is 3.21. The van der Waals surface area contributed by atoms with E-state index in [1.54, 1.807) is 30.3 Å². The number of anilines is 2. The molecule has 0 aliphatic carbocycles. The van der Waals surface area contributed by atoms with Crippen molar-refractivity contribution in [3.8, 4) is 6.07 Å². The summed E-state index contributed by atoms with van der Waals surface area (Å²) in [5.74, 6) is 0.381. The van der Waals surface area contributed by atoms with Gasteiger partial charge in [0.25, 0.3) is 5.56 Å². The van der Waals surface area contributed by atoms with Crippen LogP contribution >= 0.6 is 0 Å². The zero-order valence-electron chi connectivity index (χ0n) is 11.3. The van der Waals surface area contributed by atoms with Crippen LogP contribution in [0.5, 0.6) is 0 Å². The first-order chi connectivity index (χ1) is 10.2. The predicted octanol–water partition coefficient (Wildman–Crippen LogP) is 2.85. The number of fused-ring (bicyclic) bond motifs is 1. The first kappa shape index (κ1) is 12.9. The van der Waals surface area contributed by atoms with Gasteiger partial charge in [0.1, 0.15) is 0 Å². The minimum absolute atomic E-state index is 0.181. The van der Waals surface area contributed by atoms with Crippen molar-refractivity contribution in [3.05, 3.63) is 63.9 Å². The summed E-state index contributed by atoms with van der Waals surface area (Å²) in [6.45, 7) is 1.92. The number of benzene rings is 2. The van der Waals surface area contributed by atoms with Crippen LogP contribution in [0.25, 0.3) is 10.9 Å². The van der Waals surface area contributed by atoms with E-state index in [1.807, 2.05) is 19.1 Å². The lowest BCUT2D eigenvalue weighted by Crippen LogP contribution is -2.11. The van der Waals surface area contributed by atoms with Gasteiger partial charge in [-0.05, 0) is 42.8 Å². The van der Waals surface area contributed by atoms with Crippen LogP contribution in [0.2, 0.25) is 0 Å². The minimum atomic E-state index is -0.181. The van der Waals surface area contributed by atoms with E-state index in [0.29, 0.717) is 22.4 Å². The van der Waals surface area contributed by atoms with Gasteiger partial charge in [-0.3, -0.25) is 9.78 Å². The van der Waals surface area contributed by atoms with Crippen molar-refractivity contribution in [1.29, 1.82) is 5.26 Å². The number of nitriles is 1. The number of aryl methyl sites for hydroxylation is 1. The molecule has 3 rings (SSSR count). The lowest BCUT2D eigenvalue weighted by Gasteiger charge is -2.07. The van der Waals surface area contributed by atoms with E-state index < -0.39 is 0 Å². The molecule has 0 radical (unpaired) electrons. The normalized spacial score (nSPS) is 10.3. The van der Waals surface area contributed by atoms with E-state index in [1.165, 1.54) is 0 Å². The highest BCUT2D eigenvalue weighted by molar-refractivity contribution is 5.81. The summed E-state index contributed by atoms with van der Waals surface area (Å²) in [5.41, 5.74) is 2.78. The van der Waals surface area contributed by atoms with E-state index in [0.717, 1.165) is 11.3 Å². The van der Waals surface area contributed by atoms with Gasteiger partial charge in [0.15, 0.2) is 0 Å². The molecule has 5 heteroatoms. The lowest BCUT2D eigenvalue weighted by molar-refractivity contribution is 1.16. The highest BCUT2D eigenvalue weighted by atomic mass is 16.1. The third-order valence-corrected chi connectivity index (χ3v) is 3.21. The lowest BCUT2D eigenvalue weighted by atomic mass is 10.1. The van der Waals surface area contributed by atoms with Crippen LogP contribution in [0.1, 0.15) is 11.1 Å². The molecular formula is C16H12N4O. The van der Waals surface area contributed by atoms with Crippen LogP contribution in [-0.4, -0.2) is 9.97 Å². The SMILES string of the molecule is Cc1cccc2c(=O)[nH]c(Nc3ccc(C#N)cc3)nc12. The van der Waals surface area contributed by atoms with E-state index in [4.69, 9.17) is 5.26 Å². The number of para-hydroxylation sites is 1. The predicted molar refractivity (Wildman–Crippen MR) is 81.5 cm³/mol. The summed E-state index contributed by atoms with van der Waals surface area (Å²) in [6, 6.07) is 14.5. The summed E-state index contributed by atoms with van der Waals surface area (Å²) in [6.07, 6.45) is 0. The highest BCUT2D eigenvalue weighted by Crippen LogP contribution is 2.17. The van der Waals surface area contributed by atoms with Gasteiger partial charge in [-0.1, -0.05) is 12.1 Å². The van der Waals surface area contributed by atoms with Crippen molar-refractivity contribution in [1.82, 2.24) is 9.97 Å². The Morgan fingerprint density at radius 2 is 1.95 bits per heavy atom. The van der Waals surface area contributed by atoms with E-state index in [2.05, 4.69) is 21.4 Å². The van der Waals surface area contributed by atoms with Gasteiger partial charge in [-0.2, -0.15) is 5.26 Å². The van der Waals surface area contributed by atoms with Crippen LogP contribution in [-0.2, 0) is 0 Å². The average Bonchev–Trinajstić information content (AvgIpc) is 2.49. The van der Waals surface area contributed by atoms with Gasteiger partial charge in [-0.25, -0.2) is 4.98 Å². The number of nitrogens with zero attached hydrogens (tertiary/aromatic N) is 2. The van der Waals surface area contributed by atoms with Crippen LogP contribution in [0.3, 0.4) is 0 Å². The van der Waals surface area contributed by atoms with Gasteiger partial charge < -0.3 is 5.32 Å². The molecule has 0 amide bonds. The Balaban J connectivity index is 2.03. The first-order valence-electron chi connectivity index (χ1n) is 6.44. The van der Waals surface area contributed by atoms with Gasteiger partial charge in [0, 0.05) is 5.69 Å². The van der Waals surface area contributed by atoms with Crippen LogP contribution in [0, 0.1) is 18.3 Å². The molecule has 21 heavy (non-hydrogen) atoms. The van der Waals surface area contributed by atoms with Crippen molar-refractivity contribution >= 4 is 22.5 Å². The van der Waals surface area contributed by atoms with Gasteiger partial charge >= 0.3 is 0 Å². The maximum atomic E-state index is 12.1. The second kappa shape index (κ2) is 5.10. The van der Waals surface area contributed by atoms with Gasteiger partial charge in [0.05, 0.1) is 22.5 Å². The fourth-order valence-electron chi connectivity index (χ4n) is 2.13. The van der Waals surface area contributed by atoms with E-state index in [9.17, 15) is 4.79 Å². The van der Waals surface area contributed by atoms with Crippen LogP contribution in [0.15, 0.2) is 47.3 Å². The largest absolute Gasteiger partial charge is 0.326 e. The number of rotatable bonds is 2. The summed E-state index contributed by atoms with van der Waals surface area (Å²) >= 11 is 0.